The number of hydrogen-bond donors (Lipinski definition) is 4. The van der Waals surface area contributed by atoms with Gasteiger partial charge >= 0.3 is 0 Å². The molecular weight excluding hydrogens is 262 g/mol. The zero-order valence-corrected chi connectivity index (χ0v) is 10.9. The Kier molecular flexibility index (Phi) is 4.06. The number of hydrogen-bond acceptors (Lipinski definition) is 6. The van der Waals surface area contributed by atoms with E-state index < -0.39 is 12.2 Å². The van der Waals surface area contributed by atoms with E-state index in [2.05, 4.69) is 25.9 Å². The maximum Gasteiger partial charge on any atom is 0.251 e. The number of amides is 1. The highest BCUT2D eigenvalue weighted by Crippen LogP contribution is 2.15. The normalized spacial score (nSPS) is 13.8. The zero-order chi connectivity index (χ0) is 14.6. The van der Waals surface area contributed by atoms with Gasteiger partial charge < -0.3 is 15.5 Å². The van der Waals surface area contributed by atoms with Crippen LogP contribution in [0.5, 0.6) is 0 Å². The van der Waals surface area contributed by atoms with Gasteiger partial charge in [0.05, 0.1) is 6.61 Å². The summed E-state index contributed by atoms with van der Waals surface area (Å²) in [6, 6.07) is 6.71. The van der Waals surface area contributed by atoms with E-state index >= 15 is 0 Å². The van der Waals surface area contributed by atoms with Gasteiger partial charge in [-0.15, -0.1) is 10.2 Å². The monoisotopic (exact) mass is 277 g/mol. The first-order valence-electron chi connectivity index (χ1n) is 5.97. The van der Waals surface area contributed by atoms with Gasteiger partial charge in [-0.2, -0.15) is 5.21 Å². The Hall–Kier alpha value is -2.32. The van der Waals surface area contributed by atoms with Crippen molar-refractivity contribution >= 4 is 5.91 Å². The molecule has 1 amide bonds. The van der Waals surface area contributed by atoms with Crippen LogP contribution in [0.1, 0.15) is 17.3 Å². The molecule has 0 fully saturated rings. The largest absolute Gasteiger partial charge is 0.393 e. The molecule has 1 atom stereocenters. The molecule has 1 heterocycles. The van der Waals surface area contributed by atoms with Crippen molar-refractivity contribution in [2.24, 2.45) is 0 Å². The second-order valence-corrected chi connectivity index (χ2v) is 4.65. The lowest BCUT2D eigenvalue weighted by Crippen LogP contribution is -2.43. The van der Waals surface area contributed by atoms with Crippen LogP contribution in [0.2, 0.25) is 0 Å². The Labute approximate surface area is 114 Å². The number of carbonyl (C=O) groups excluding carboxylic acids is 1. The van der Waals surface area contributed by atoms with Crippen LogP contribution in [0.25, 0.3) is 11.4 Å². The van der Waals surface area contributed by atoms with Crippen molar-refractivity contribution in [3.05, 3.63) is 29.8 Å². The van der Waals surface area contributed by atoms with Crippen molar-refractivity contribution in [2.75, 3.05) is 13.2 Å². The van der Waals surface area contributed by atoms with Crippen LogP contribution in [-0.2, 0) is 0 Å². The molecule has 4 N–H and O–H groups in total. The highest BCUT2D eigenvalue weighted by Gasteiger charge is 2.20. The van der Waals surface area contributed by atoms with E-state index in [-0.39, 0.29) is 12.5 Å². The van der Waals surface area contributed by atoms with Crippen molar-refractivity contribution in [3.63, 3.8) is 0 Å². The molecule has 0 bridgehead atoms. The lowest BCUT2D eigenvalue weighted by molar-refractivity contribution is 0.00320. The van der Waals surface area contributed by atoms with Crippen molar-refractivity contribution in [1.29, 1.82) is 0 Å². The third kappa shape index (κ3) is 3.37. The van der Waals surface area contributed by atoms with Gasteiger partial charge in [0.1, 0.15) is 5.60 Å². The topological polar surface area (TPSA) is 124 Å². The van der Waals surface area contributed by atoms with Gasteiger partial charge in [0.2, 0.25) is 5.82 Å². The van der Waals surface area contributed by atoms with E-state index in [9.17, 15) is 9.90 Å². The van der Waals surface area contributed by atoms with Gasteiger partial charge in [0.25, 0.3) is 5.91 Å². The van der Waals surface area contributed by atoms with Crippen LogP contribution < -0.4 is 5.32 Å². The molecular formula is C12H15N5O3. The number of rotatable bonds is 5. The quantitative estimate of drug-likeness (QED) is 0.575. The molecule has 2 rings (SSSR count). The summed E-state index contributed by atoms with van der Waals surface area (Å²) in [6.45, 7) is 0.952. The van der Waals surface area contributed by atoms with E-state index in [0.29, 0.717) is 17.0 Å². The van der Waals surface area contributed by atoms with E-state index in [1.807, 2.05) is 0 Å². The summed E-state index contributed by atoms with van der Waals surface area (Å²) >= 11 is 0. The fourth-order valence-electron chi connectivity index (χ4n) is 1.51. The molecule has 0 spiro atoms. The van der Waals surface area contributed by atoms with Crippen LogP contribution in [0.3, 0.4) is 0 Å². The standard InChI is InChI=1S/C12H15N5O3/c1-12(20,7-18)6-13-11(19)9-4-2-3-8(5-9)10-14-16-17-15-10/h2-5,18,20H,6-7H2,1H3,(H,13,19)(H,14,15,16,17). The molecule has 1 aromatic carbocycles. The number of nitrogens with one attached hydrogen (secondary N) is 2. The predicted molar refractivity (Wildman–Crippen MR) is 69.7 cm³/mol. The Morgan fingerprint density at radius 3 is 2.95 bits per heavy atom. The SMILES string of the molecule is CC(O)(CO)CNC(=O)c1cccc(-c2nn[nH]n2)c1. The average Bonchev–Trinajstić information content (AvgIpc) is 2.99. The fraction of sp³-hybridized carbons (Fsp3) is 0.333. The second kappa shape index (κ2) is 5.76. The van der Waals surface area contributed by atoms with Crippen LogP contribution in [0, 0.1) is 0 Å². The Morgan fingerprint density at radius 2 is 2.30 bits per heavy atom. The summed E-state index contributed by atoms with van der Waals surface area (Å²) in [6.07, 6.45) is 0. The molecule has 0 aliphatic heterocycles. The van der Waals surface area contributed by atoms with Gasteiger partial charge in [-0.3, -0.25) is 4.79 Å². The fourth-order valence-corrected chi connectivity index (χ4v) is 1.51. The zero-order valence-electron chi connectivity index (χ0n) is 10.9. The minimum absolute atomic E-state index is 0.0469. The molecule has 0 radical (unpaired) electrons. The second-order valence-electron chi connectivity index (χ2n) is 4.65. The Bertz CT molecular complexity index is 583. The predicted octanol–water partition coefficient (Wildman–Crippen LogP) is -0.660. The van der Waals surface area contributed by atoms with Gasteiger partial charge in [-0.05, 0) is 24.3 Å². The molecule has 0 aliphatic carbocycles. The first kappa shape index (κ1) is 14.1. The van der Waals surface area contributed by atoms with E-state index in [4.69, 9.17) is 5.11 Å². The molecule has 2 aromatic rings. The maximum atomic E-state index is 12.0. The van der Waals surface area contributed by atoms with Crippen LogP contribution in [0.4, 0.5) is 0 Å². The number of aromatic amines is 1. The van der Waals surface area contributed by atoms with E-state index in [1.54, 1.807) is 24.3 Å². The Morgan fingerprint density at radius 1 is 1.50 bits per heavy atom. The summed E-state index contributed by atoms with van der Waals surface area (Å²) in [5.41, 5.74) is -0.289. The highest BCUT2D eigenvalue weighted by atomic mass is 16.3. The average molecular weight is 277 g/mol. The smallest absolute Gasteiger partial charge is 0.251 e. The molecule has 106 valence electrons. The number of aliphatic hydroxyl groups excluding tert-OH is 1. The van der Waals surface area contributed by atoms with Crippen molar-refractivity contribution in [2.45, 2.75) is 12.5 Å². The number of carbonyl (C=O) groups is 1. The first-order chi connectivity index (χ1) is 9.52. The molecule has 20 heavy (non-hydrogen) atoms. The summed E-state index contributed by atoms with van der Waals surface area (Å²) in [5, 5.41) is 34.6. The molecule has 8 nitrogen and oxygen atoms in total. The van der Waals surface area contributed by atoms with Gasteiger partial charge in [0, 0.05) is 17.7 Å². The van der Waals surface area contributed by atoms with Crippen LogP contribution in [-0.4, -0.2) is 55.5 Å². The first-order valence-corrected chi connectivity index (χ1v) is 5.97. The number of aromatic nitrogens is 4. The van der Waals surface area contributed by atoms with Crippen LogP contribution >= 0.6 is 0 Å². The molecule has 0 saturated carbocycles. The molecule has 0 aliphatic rings. The lowest BCUT2D eigenvalue weighted by atomic mass is 10.1. The molecule has 1 unspecified atom stereocenters. The third-order valence-electron chi connectivity index (χ3n) is 2.70. The van der Waals surface area contributed by atoms with Gasteiger partial charge in [-0.1, -0.05) is 12.1 Å². The number of nitrogens with zero attached hydrogens (tertiary/aromatic N) is 3. The lowest BCUT2D eigenvalue weighted by Gasteiger charge is -2.20. The third-order valence-corrected chi connectivity index (χ3v) is 2.70. The van der Waals surface area contributed by atoms with Gasteiger partial charge in [0.15, 0.2) is 0 Å². The van der Waals surface area contributed by atoms with E-state index in [0.717, 1.165) is 0 Å². The van der Waals surface area contributed by atoms with Crippen molar-refractivity contribution in [3.8, 4) is 11.4 Å². The number of H-pyrrole nitrogens is 1. The summed E-state index contributed by atoms with van der Waals surface area (Å²) in [7, 11) is 0. The molecule has 0 saturated heterocycles. The minimum atomic E-state index is -1.35. The van der Waals surface area contributed by atoms with E-state index in [1.165, 1.54) is 6.92 Å². The maximum absolute atomic E-state index is 12.0. The number of aliphatic hydroxyl groups is 2. The summed E-state index contributed by atoms with van der Waals surface area (Å²) in [4.78, 5) is 12.0. The number of benzene rings is 1. The number of tetrazole rings is 1. The summed E-state index contributed by atoms with van der Waals surface area (Å²) in [5.74, 6) is 0.0334. The van der Waals surface area contributed by atoms with Crippen molar-refractivity contribution < 1.29 is 15.0 Å². The van der Waals surface area contributed by atoms with Gasteiger partial charge in [-0.25, -0.2) is 0 Å². The molecule has 8 heteroatoms. The van der Waals surface area contributed by atoms with Crippen LogP contribution in [0.15, 0.2) is 24.3 Å². The Balaban J connectivity index is 2.09. The minimum Gasteiger partial charge on any atom is -0.393 e. The molecule has 1 aromatic heterocycles. The van der Waals surface area contributed by atoms with Crippen molar-refractivity contribution in [1.82, 2.24) is 25.9 Å². The highest BCUT2D eigenvalue weighted by molar-refractivity contribution is 5.95. The summed E-state index contributed by atoms with van der Waals surface area (Å²) < 4.78 is 0.